The number of rotatable bonds is 5. The molecule has 1 unspecified atom stereocenters. The van der Waals surface area contributed by atoms with E-state index in [-0.39, 0.29) is 11.9 Å². The van der Waals surface area contributed by atoms with E-state index in [1.165, 1.54) is 12.1 Å². The topological polar surface area (TPSA) is 40.7 Å². The van der Waals surface area contributed by atoms with Gasteiger partial charge in [0, 0.05) is 24.0 Å². The van der Waals surface area contributed by atoms with Gasteiger partial charge in [-0.1, -0.05) is 18.5 Å². The van der Waals surface area contributed by atoms with E-state index in [0.717, 1.165) is 17.8 Å². The third-order valence-electron chi connectivity index (χ3n) is 2.73. The van der Waals surface area contributed by atoms with Crippen LogP contribution in [0.5, 0.6) is 0 Å². The molecule has 3 nitrogen and oxygen atoms in total. The number of hydrogen-bond donors (Lipinski definition) is 2. The lowest BCUT2D eigenvalue weighted by Crippen LogP contribution is -2.21. The molecule has 0 aliphatic heterocycles. The molecule has 2 aromatic rings. The lowest BCUT2D eigenvalue weighted by molar-refractivity contribution is 0.496. The van der Waals surface area contributed by atoms with Gasteiger partial charge in [-0.2, -0.15) is 0 Å². The summed E-state index contributed by atoms with van der Waals surface area (Å²) < 4.78 is 13.2. The minimum Gasteiger partial charge on any atom is -0.347 e. The van der Waals surface area contributed by atoms with Gasteiger partial charge < -0.3 is 10.3 Å². The second-order valence-corrected chi connectivity index (χ2v) is 4.53. The molecule has 5 heteroatoms. The van der Waals surface area contributed by atoms with Crippen LogP contribution in [0.25, 0.3) is 0 Å². The van der Waals surface area contributed by atoms with Crippen LogP contribution in [0.15, 0.2) is 30.6 Å². The van der Waals surface area contributed by atoms with Crippen molar-refractivity contribution in [3.05, 3.63) is 52.8 Å². The fraction of sp³-hybridized carbons (Fsp3) is 0.308. The predicted molar refractivity (Wildman–Crippen MR) is 69.9 cm³/mol. The van der Waals surface area contributed by atoms with Crippen LogP contribution < -0.4 is 5.32 Å². The van der Waals surface area contributed by atoms with Crippen molar-refractivity contribution in [1.29, 1.82) is 0 Å². The van der Waals surface area contributed by atoms with Gasteiger partial charge in [-0.25, -0.2) is 9.37 Å². The van der Waals surface area contributed by atoms with E-state index in [0.29, 0.717) is 11.6 Å². The summed E-state index contributed by atoms with van der Waals surface area (Å²) in [6.07, 6.45) is 4.41. The third-order valence-corrected chi connectivity index (χ3v) is 2.95. The predicted octanol–water partition coefficient (Wildman–Crippen LogP) is 3.44. The summed E-state index contributed by atoms with van der Waals surface area (Å²) in [6.45, 7) is 2.62. The van der Waals surface area contributed by atoms with E-state index in [4.69, 9.17) is 11.6 Å². The van der Waals surface area contributed by atoms with Crippen LogP contribution in [0.2, 0.25) is 5.02 Å². The molecule has 1 atom stereocenters. The number of nitrogens with zero attached hydrogens (tertiary/aromatic N) is 1. The highest BCUT2D eigenvalue weighted by Crippen LogP contribution is 2.16. The van der Waals surface area contributed by atoms with Crippen LogP contribution >= 0.6 is 11.6 Å². The highest BCUT2D eigenvalue weighted by Gasteiger charge is 2.11. The fourth-order valence-electron chi connectivity index (χ4n) is 1.86. The molecule has 0 amide bonds. The zero-order valence-corrected chi connectivity index (χ0v) is 10.8. The number of halogens is 2. The SMILES string of the molecule is CCC(NCc1cc(F)cc(Cl)c1)c1ncc[nH]1. The number of hydrogen-bond acceptors (Lipinski definition) is 2. The lowest BCUT2D eigenvalue weighted by atomic mass is 10.1. The summed E-state index contributed by atoms with van der Waals surface area (Å²) in [5.74, 6) is 0.574. The second kappa shape index (κ2) is 5.98. The Hall–Kier alpha value is -1.39. The molecule has 2 rings (SSSR count). The van der Waals surface area contributed by atoms with E-state index in [9.17, 15) is 4.39 Å². The van der Waals surface area contributed by atoms with Crippen molar-refractivity contribution >= 4 is 11.6 Å². The minimum atomic E-state index is -0.314. The molecule has 1 aromatic heterocycles. The smallest absolute Gasteiger partial charge is 0.125 e. The van der Waals surface area contributed by atoms with Gasteiger partial charge >= 0.3 is 0 Å². The van der Waals surface area contributed by atoms with Crippen LogP contribution in [-0.4, -0.2) is 9.97 Å². The molecule has 18 heavy (non-hydrogen) atoms. The van der Waals surface area contributed by atoms with Crippen LogP contribution in [0, 0.1) is 5.82 Å². The van der Waals surface area contributed by atoms with Crippen LogP contribution in [0.4, 0.5) is 4.39 Å². The van der Waals surface area contributed by atoms with Gasteiger partial charge in [0.05, 0.1) is 6.04 Å². The monoisotopic (exact) mass is 267 g/mol. The maximum absolute atomic E-state index is 13.2. The maximum atomic E-state index is 13.2. The van der Waals surface area contributed by atoms with Gasteiger partial charge in [0.2, 0.25) is 0 Å². The van der Waals surface area contributed by atoms with Crippen molar-refractivity contribution in [2.24, 2.45) is 0 Å². The Bertz CT molecular complexity index is 479. The summed E-state index contributed by atoms with van der Waals surface area (Å²) >= 11 is 5.81. The quantitative estimate of drug-likeness (QED) is 0.871. The van der Waals surface area contributed by atoms with Crippen molar-refractivity contribution in [3.63, 3.8) is 0 Å². The normalized spacial score (nSPS) is 12.6. The van der Waals surface area contributed by atoms with E-state index in [2.05, 4.69) is 22.2 Å². The van der Waals surface area contributed by atoms with E-state index in [1.54, 1.807) is 18.5 Å². The molecule has 0 aliphatic carbocycles. The highest BCUT2D eigenvalue weighted by atomic mass is 35.5. The molecule has 0 radical (unpaired) electrons. The van der Waals surface area contributed by atoms with Crippen LogP contribution in [0.3, 0.4) is 0 Å². The van der Waals surface area contributed by atoms with Gasteiger partial charge in [0.1, 0.15) is 11.6 Å². The first kappa shape index (κ1) is 13.1. The van der Waals surface area contributed by atoms with Crippen molar-refractivity contribution in [2.75, 3.05) is 0 Å². The zero-order valence-electron chi connectivity index (χ0n) is 10.1. The van der Waals surface area contributed by atoms with E-state index < -0.39 is 0 Å². The van der Waals surface area contributed by atoms with Gasteiger partial charge in [-0.3, -0.25) is 0 Å². The van der Waals surface area contributed by atoms with Gasteiger partial charge in [0.25, 0.3) is 0 Å². The van der Waals surface area contributed by atoms with Crippen molar-refractivity contribution < 1.29 is 4.39 Å². The van der Waals surface area contributed by atoms with Gasteiger partial charge in [-0.05, 0) is 30.2 Å². The number of nitrogens with one attached hydrogen (secondary N) is 2. The summed E-state index contributed by atoms with van der Waals surface area (Å²) in [4.78, 5) is 7.29. The molecule has 0 spiro atoms. The summed E-state index contributed by atoms with van der Waals surface area (Å²) in [5, 5.41) is 3.74. The van der Waals surface area contributed by atoms with Crippen LogP contribution in [0.1, 0.15) is 30.8 Å². The Balaban J connectivity index is 2.01. The van der Waals surface area contributed by atoms with Gasteiger partial charge in [-0.15, -0.1) is 0 Å². The Labute approximate surface area is 110 Å². The average molecular weight is 268 g/mol. The average Bonchev–Trinajstić information content (AvgIpc) is 2.82. The van der Waals surface area contributed by atoms with Crippen LogP contribution in [-0.2, 0) is 6.54 Å². The standard InChI is InChI=1S/C13H15ClFN3/c1-2-12(13-16-3-4-17-13)18-8-9-5-10(14)7-11(15)6-9/h3-7,12,18H,2,8H2,1H3,(H,16,17). The van der Waals surface area contributed by atoms with E-state index in [1.807, 2.05) is 0 Å². The van der Waals surface area contributed by atoms with Gasteiger partial charge in [0.15, 0.2) is 0 Å². The molecule has 0 aliphatic rings. The number of benzene rings is 1. The summed E-state index contributed by atoms with van der Waals surface area (Å²) in [6, 6.07) is 4.66. The first-order valence-electron chi connectivity index (χ1n) is 5.86. The molecule has 0 saturated carbocycles. The lowest BCUT2D eigenvalue weighted by Gasteiger charge is -2.14. The number of imidazole rings is 1. The number of H-pyrrole nitrogens is 1. The molecule has 1 heterocycles. The summed E-state index contributed by atoms with van der Waals surface area (Å²) in [5.41, 5.74) is 0.824. The first-order chi connectivity index (χ1) is 8.69. The zero-order chi connectivity index (χ0) is 13.0. The Morgan fingerprint density at radius 2 is 2.28 bits per heavy atom. The summed E-state index contributed by atoms with van der Waals surface area (Å²) in [7, 11) is 0. The number of aromatic nitrogens is 2. The molecule has 0 bridgehead atoms. The Morgan fingerprint density at radius 1 is 1.44 bits per heavy atom. The molecule has 0 saturated heterocycles. The molecule has 0 fully saturated rings. The largest absolute Gasteiger partial charge is 0.347 e. The van der Waals surface area contributed by atoms with E-state index >= 15 is 0 Å². The molecule has 96 valence electrons. The molecule has 1 aromatic carbocycles. The van der Waals surface area contributed by atoms with Crippen molar-refractivity contribution in [3.8, 4) is 0 Å². The van der Waals surface area contributed by atoms with Crippen molar-refractivity contribution in [1.82, 2.24) is 15.3 Å². The number of aromatic amines is 1. The second-order valence-electron chi connectivity index (χ2n) is 4.09. The third kappa shape index (κ3) is 3.31. The fourth-order valence-corrected chi connectivity index (χ4v) is 2.10. The molecule has 2 N–H and O–H groups in total. The van der Waals surface area contributed by atoms with Crippen molar-refractivity contribution in [2.45, 2.75) is 25.9 Å². The first-order valence-corrected chi connectivity index (χ1v) is 6.24. The Kier molecular flexibility index (Phi) is 4.33. The molecular formula is C13H15ClFN3. The minimum absolute atomic E-state index is 0.127. The maximum Gasteiger partial charge on any atom is 0.125 e. The molecular weight excluding hydrogens is 253 g/mol. The Morgan fingerprint density at radius 3 is 2.89 bits per heavy atom. The highest BCUT2D eigenvalue weighted by molar-refractivity contribution is 6.30.